The number of ether oxygens (including phenoxy) is 4. The highest BCUT2D eigenvalue weighted by Gasteiger charge is 2.36. The van der Waals surface area contributed by atoms with Crippen molar-refractivity contribution in [1.29, 1.82) is 0 Å². The maximum atomic E-state index is 12.7. The molecule has 1 heterocycles. The molecule has 0 saturated carbocycles. The summed E-state index contributed by atoms with van der Waals surface area (Å²) in [5.74, 6) is -0.852. The molecule has 1 aliphatic rings. The first-order valence-electron chi connectivity index (χ1n) is 13.4. The molecule has 4 aromatic carbocycles. The number of carbonyl (C=O) groups excluding carboxylic acids is 4. The van der Waals surface area contributed by atoms with E-state index in [1.54, 1.807) is 43.5 Å². The zero-order valence-corrected chi connectivity index (χ0v) is 24.8. The fourth-order valence-electron chi connectivity index (χ4n) is 4.50. The molecule has 1 saturated heterocycles. The predicted octanol–water partition coefficient (Wildman–Crippen LogP) is 6.79. The van der Waals surface area contributed by atoms with Crippen LogP contribution in [0.1, 0.15) is 27.1 Å². The summed E-state index contributed by atoms with van der Waals surface area (Å²) in [6.45, 7) is -0.381. The van der Waals surface area contributed by atoms with Gasteiger partial charge in [-0.15, -0.1) is 0 Å². The quantitative estimate of drug-likeness (QED) is 0.107. The second-order valence-corrected chi connectivity index (χ2v) is 10.6. The Labute approximate surface area is 262 Å². The van der Waals surface area contributed by atoms with Crippen LogP contribution < -0.4 is 19.1 Å². The molecule has 0 radical (unpaired) electrons. The molecular weight excluding hydrogens is 609 g/mol. The number of rotatable bonds is 10. The van der Waals surface area contributed by atoms with Crippen LogP contribution in [-0.4, -0.2) is 43.9 Å². The number of ketones is 1. The van der Waals surface area contributed by atoms with Gasteiger partial charge in [-0.1, -0.05) is 35.3 Å². The predicted molar refractivity (Wildman–Crippen MR) is 163 cm³/mol. The van der Waals surface area contributed by atoms with Crippen molar-refractivity contribution in [3.05, 3.63) is 112 Å². The summed E-state index contributed by atoms with van der Waals surface area (Å²) in [6.07, 6.45) is -0.0375. The first-order valence-corrected chi connectivity index (χ1v) is 14.2. The van der Waals surface area contributed by atoms with Crippen molar-refractivity contribution in [3.63, 3.8) is 0 Å². The van der Waals surface area contributed by atoms with E-state index in [1.807, 2.05) is 12.1 Å². The number of Topliss-reactive ketones (excluding diaryl/α,β-unsaturated/α-hetero) is 1. The number of benzene rings is 4. The van der Waals surface area contributed by atoms with Gasteiger partial charge >= 0.3 is 11.9 Å². The van der Waals surface area contributed by atoms with E-state index in [9.17, 15) is 19.2 Å². The monoisotopic (exact) mass is 633 g/mol. The third-order valence-corrected chi connectivity index (χ3v) is 7.33. The Balaban J connectivity index is 1.12. The van der Waals surface area contributed by atoms with Crippen molar-refractivity contribution in [2.45, 2.75) is 6.42 Å². The average Bonchev–Trinajstić information content (AvgIpc) is 3.42. The largest absolute Gasteiger partial charge is 0.493 e. The fraction of sp³-hybridized carbons (Fsp3) is 0.152. The van der Waals surface area contributed by atoms with Gasteiger partial charge in [0.05, 0.1) is 23.6 Å². The SMILES string of the molecule is COc1ccccc1Oc1ccc(N2C[C@@H](C(=O)OCC(=O)c3ccc(OC(=O)c4ccc(Cl)cc4Cl)cc3)CC2=O)cc1. The normalized spacial score (nSPS) is 14.2. The summed E-state index contributed by atoms with van der Waals surface area (Å²) in [5.41, 5.74) is 0.997. The Hall–Kier alpha value is -4.86. The van der Waals surface area contributed by atoms with Gasteiger partial charge in [-0.3, -0.25) is 14.4 Å². The molecule has 1 atom stereocenters. The topological polar surface area (TPSA) is 108 Å². The number of para-hydroxylation sites is 2. The molecule has 11 heteroatoms. The summed E-state index contributed by atoms with van der Waals surface area (Å²) in [6, 6.07) is 24.3. The van der Waals surface area contributed by atoms with Crippen molar-refractivity contribution < 1.29 is 38.1 Å². The summed E-state index contributed by atoms with van der Waals surface area (Å²) in [4.78, 5) is 51.9. The van der Waals surface area contributed by atoms with Crippen LogP contribution in [0.25, 0.3) is 0 Å². The number of anilines is 1. The number of carbonyl (C=O) groups is 4. The third-order valence-electron chi connectivity index (χ3n) is 6.79. The van der Waals surface area contributed by atoms with E-state index in [1.165, 1.54) is 47.4 Å². The van der Waals surface area contributed by atoms with Crippen LogP contribution in [0.3, 0.4) is 0 Å². The van der Waals surface area contributed by atoms with Crippen LogP contribution in [0.5, 0.6) is 23.0 Å². The Bertz CT molecular complexity index is 1710. The number of nitrogens with zero attached hydrogens (tertiary/aromatic N) is 1. The standard InChI is InChI=1S/C33H25Cl2NO8/c1-41-29-4-2-3-5-30(29)43-24-13-9-23(10-14-24)36-18-21(16-31(36)38)32(39)42-19-28(37)20-6-11-25(12-7-20)44-33(40)26-15-8-22(34)17-27(26)35/h2-15,17,21H,16,18-19H2,1H3/t21-/m0/s1. The minimum Gasteiger partial charge on any atom is -0.493 e. The van der Waals surface area contributed by atoms with Gasteiger partial charge in [-0.25, -0.2) is 4.79 Å². The van der Waals surface area contributed by atoms with Crippen molar-refractivity contribution in [3.8, 4) is 23.0 Å². The van der Waals surface area contributed by atoms with Crippen molar-refractivity contribution in [2.24, 2.45) is 5.92 Å². The average molecular weight is 634 g/mol. The number of hydrogen-bond acceptors (Lipinski definition) is 8. The van der Waals surface area contributed by atoms with Crippen LogP contribution >= 0.6 is 23.2 Å². The number of halogens is 2. The highest BCUT2D eigenvalue weighted by atomic mass is 35.5. The second-order valence-electron chi connectivity index (χ2n) is 9.72. The smallest absolute Gasteiger partial charge is 0.345 e. The molecule has 0 N–H and O–H groups in total. The van der Waals surface area contributed by atoms with E-state index in [4.69, 9.17) is 42.1 Å². The molecule has 1 fully saturated rings. The van der Waals surface area contributed by atoms with Crippen LogP contribution in [0, 0.1) is 5.92 Å². The van der Waals surface area contributed by atoms with Gasteiger partial charge in [0.25, 0.3) is 0 Å². The lowest BCUT2D eigenvalue weighted by molar-refractivity contribution is -0.147. The molecule has 4 aromatic rings. The molecule has 9 nitrogen and oxygen atoms in total. The van der Waals surface area contributed by atoms with E-state index < -0.39 is 30.2 Å². The summed E-state index contributed by atoms with van der Waals surface area (Å²) in [5, 5.41) is 0.532. The molecule has 0 bridgehead atoms. The molecule has 1 aliphatic heterocycles. The maximum Gasteiger partial charge on any atom is 0.345 e. The number of amides is 1. The van der Waals surface area contributed by atoms with E-state index in [2.05, 4.69) is 0 Å². The van der Waals surface area contributed by atoms with Gasteiger partial charge in [-0.2, -0.15) is 0 Å². The van der Waals surface area contributed by atoms with Crippen LogP contribution in [0.4, 0.5) is 5.69 Å². The molecule has 0 unspecified atom stereocenters. The molecule has 1 amide bonds. The van der Waals surface area contributed by atoms with Crippen LogP contribution in [0.15, 0.2) is 91.0 Å². The third kappa shape index (κ3) is 7.19. The summed E-state index contributed by atoms with van der Waals surface area (Å²) in [7, 11) is 1.56. The van der Waals surface area contributed by atoms with Crippen molar-refractivity contribution in [1.82, 2.24) is 0 Å². The van der Waals surface area contributed by atoms with E-state index in [-0.39, 0.29) is 40.8 Å². The van der Waals surface area contributed by atoms with E-state index in [0.29, 0.717) is 28.0 Å². The summed E-state index contributed by atoms with van der Waals surface area (Å²) < 4.78 is 21.7. The zero-order chi connectivity index (χ0) is 31.2. The van der Waals surface area contributed by atoms with Crippen molar-refractivity contribution in [2.75, 3.05) is 25.2 Å². The Morgan fingerprint density at radius 1 is 0.864 bits per heavy atom. The maximum absolute atomic E-state index is 12.7. The molecular formula is C33H25Cl2NO8. The highest BCUT2D eigenvalue weighted by molar-refractivity contribution is 6.36. The van der Waals surface area contributed by atoms with E-state index in [0.717, 1.165) is 0 Å². The minimum atomic E-state index is -0.721. The Morgan fingerprint density at radius 3 is 2.23 bits per heavy atom. The fourth-order valence-corrected chi connectivity index (χ4v) is 4.99. The van der Waals surface area contributed by atoms with Gasteiger partial charge < -0.3 is 23.8 Å². The lowest BCUT2D eigenvalue weighted by Gasteiger charge is -2.17. The molecule has 0 spiro atoms. The molecule has 0 aromatic heterocycles. The van der Waals surface area contributed by atoms with E-state index >= 15 is 0 Å². The molecule has 224 valence electrons. The molecule has 44 heavy (non-hydrogen) atoms. The number of methoxy groups -OCH3 is 1. The molecule has 5 rings (SSSR count). The van der Waals surface area contributed by atoms with Crippen LogP contribution in [-0.2, 0) is 14.3 Å². The number of hydrogen-bond donors (Lipinski definition) is 0. The number of esters is 2. The Morgan fingerprint density at radius 2 is 1.55 bits per heavy atom. The van der Waals surface area contributed by atoms with Gasteiger partial charge in [0.15, 0.2) is 23.9 Å². The van der Waals surface area contributed by atoms with Gasteiger partial charge in [0.1, 0.15) is 11.5 Å². The highest BCUT2D eigenvalue weighted by Crippen LogP contribution is 2.33. The van der Waals surface area contributed by atoms with Gasteiger partial charge in [0.2, 0.25) is 5.91 Å². The zero-order valence-electron chi connectivity index (χ0n) is 23.3. The second kappa shape index (κ2) is 13.6. The lowest BCUT2D eigenvalue weighted by atomic mass is 10.1. The lowest BCUT2D eigenvalue weighted by Crippen LogP contribution is -2.27. The Kier molecular flexibility index (Phi) is 9.47. The molecule has 0 aliphatic carbocycles. The van der Waals surface area contributed by atoms with Gasteiger partial charge in [0, 0.05) is 29.2 Å². The summed E-state index contributed by atoms with van der Waals surface area (Å²) >= 11 is 11.9. The minimum absolute atomic E-state index is 0.0375. The first kappa shape index (κ1) is 30.6. The first-order chi connectivity index (χ1) is 21.2. The van der Waals surface area contributed by atoms with Crippen molar-refractivity contribution >= 4 is 52.5 Å². The van der Waals surface area contributed by atoms with Crippen LogP contribution in [0.2, 0.25) is 10.0 Å². The van der Waals surface area contributed by atoms with Gasteiger partial charge in [-0.05, 0) is 78.9 Å².